The number of nitrogens with two attached hydrogens (primary N) is 1. The highest BCUT2D eigenvalue weighted by Gasteiger charge is 2.22. The lowest BCUT2D eigenvalue weighted by atomic mass is 9.86. The molecular weight excluding hydrogens is 288 g/mol. The van der Waals surface area contributed by atoms with E-state index in [1.165, 1.54) is 29.5 Å². The van der Waals surface area contributed by atoms with Gasteiger partial charge in [-0.05, 0) is 60.2 Å². The summed E-state index contributed by atoms with van der Waals surface area (Å²) in [4.78, 5) is 12.6. The Kier molecular flexibility index (Phi) is 3.67. The van der Waals surface area contributed by atoms with Crippen molar-refractivity contribution >= 4 is 23.7 Å². The molecule has 2 aliphatic heterocycles. The molecule has 4 N–H and O–H groups in total. The zero-order valence-corrected chi connectivity index (χ0v) is 12.9. The third kappa shape index (κ3) is 2.90. The van der Waals surface area contributed by atoms with Gasteiger partial charge in [0.15, 0.2) is 0 Å². The van der Waals surface area contributed by atoms with E-state index in [0.29, 0.717) is 11.7 Å². The fraction of sp³-hybridized carbons (Fsp3) is 0.353. The fourth-order valence-corrected chi connectivity index (χ4v) is 3.40. The van der Waals surface area contributed by atoms with Crippen LogP contribution in [-0.2, 0) is 6.54 Å². The summed E-state index contributed by atoms with van der Waals surface area (Å²) in [5.41, 5.74) is 10.7. The molecule has 1 aromatic carbocycles. The number of aromatic nitrogens is 2. The van der Waals surface area contributed by atoms with Gasteiger partial charge in [-0.2, -0.15) is 4.98 Å². The van der Waals surface area contributed by atoms with Crippen LogP contribution in [0.1, 0.15) is 35.4 Å². The highest BCUT2D eigenvalue weighted by Crippen LogP contribution is 2.33. The van der Waals surface area contributed by atoms with Gasteiger partial charge in [-0.1, -0.05) is 0 Å². The van der Waals surface area contributed by atoms with Gasteiger partial charge in [-0.3, -0.25) is 4.99 Å². The van der Waals surface area contributed by atoms with Crippen LogP contribution in [0.15, 0.2) is 29.4 Å². The van der Waals surface area contributed by atoms with Gasteiger partial charge in [0.25, 0.3) is 0 Å². The summed E-state index contributed by atoms with van der Waals surface area (Å²) in [6.07, 6.45) is 6.07. The lowest BCUT2D eigenvalue weighted by molar-refractivity contribution is 0.460. The molecule has 23 heavy (non-hydrogen) atoms. The molecule has 0 amide bonds. The average Bonchev–Trinajstić information content (AvgIpc) is 3.03. The van der Waals surface area contributed by atoms with Crippen LogP contribution in [0.25, 0.3) is 0 Å². The standard InChI is InChI=1S/C17H20N6/c18-17-21-5-3-16(23-17)22-13-6-12-9-20-10-15(12)14(7-13)11-2-1-4-19-8-11/h3,5-7,9,11,19H,1-2,4,8,10H2,(H3,18,21,22,23). The first-order chi connectivity index (χ1) is 11.3. The normalized spacial score (nSPS) is 19.6. The smallest absolute Gasteiger partial charge is 0.221 e. The van der Waals surface area contributed by atoms with Crippen molar-refractivity contribution in [1.29, 1.82) is 0 Å². The summed E-state index contributed by atoms with van der Waals surface area (Å²) in [6, 6.07) is 6.19. The molecule has 118 valence electrons. The van der Waals surface area contributed by atoms with Crippen LogP contribution in [0.4, 0.5) is 17.5 Å². The van der Waals surface area contributed by atoms with Gasteiger partial charge < -0.3 is 16.4 Å². The minimum Gasteiger partial charge on any atom is -0.368 e. The summed E-state index contributed by atoms with van der Waals surface area (Å²) in [5, 5.41) is 6.84. The largest absolute Gasteiger partial charge is 0.368 e. The molecule has 0 saturated carbocycles. The molecule has 0 aliphatic carbocycles. The molecule has 1 saturated heterocycles. The molecule has 2 aromatic rings. The monoisotopic (exact) mass is 308 g/mol. The van der Waals surface area contributed by atoms with Crippen molar-refractivity contribution in [2.45, 2.75) is 25.3 Å². The van der Waals surface area contributed by atoms with Crippen LogP contribution in [0.3, 0.4) is 0 Å². The first-order valence-electron chi connectivity index (χ1n) is 8.02. The summed E-state index contributed by atoms with van der Waals surface area (Å²) >= 11 is 0. The summed E-state index contributed by atoms with van der Waals surface area (Å²) in [7, 11) is 0. The molecule has 1 atom stereocenters. The minimum atomic E-state index is 0.273. The molecule has 2 aliphatic rings. The molecule has 3 heterocycles. The Morgan fingerprint density at radius 3 is 3.09 bits per heavy atom. The van der Waals surface area contributed by atoms with Crippen molar-refractivity contribution in [3.8, 4) is 0 Å². The number of anilines is 3. The predicted molar refractivity (Wildman–Crippen MR) is 92.3 cm³/mol. The molecule has 1 aromatic heterocycles. The Morgan fingerprint density at radius 1 is 1.30 bits per heavy atom. The van der Waals surface area contributed by atoms with Crippen molar-refractivity contribution in [3.05, 3.63) is 41.1 Å². The zero-order chi connectivity index (χ0) is 15.6. The highest BCUT2D eigenvalue weighted by molar-refractivity contribution is 5.87. The Bertz CT molecular complexity index is 749. The number of hydrogen-bond acceptors (Lipinski definition) is 6. The first kappa shape index (κ1) is 14.1. The summed E-state index contributed by atoms with van der Waals surface area (Å²) in [6.45, 7) is 2.95. The van der Waals surface area contributed by atoms with Crippen molar-refractivity contribution < 1.29 is 0 Å². The van der Waals surface area contributed by atoms with E-state index >= 15 is 0 Å². The number of rotatable bonds is 3. The minimum absolute atomic E-state index is 0.273. The van der Waals surface area contributed by atoms with Crippen molar-refractivity contribution in [3.63, 3.8) is 0 Å². The van der Waals surface area contributed by atoms with Crippen LogP contribution in [0.5, 0.6) is 0 Å². The molecule has 1 unspecified atom stereocenters. The highest BCUT2D eigenvalue weighted by atomic mass is 15.1. The van der Waals surface area contributed by atoms with Gasteiger partial charge in [0, 0.05) is 24.6 Å². The number of benzene rings is 1. The number of aliphatic imine (C=N–C) groups is 1. The Hall–Kier alpha value is -2.47. The second kappa shape index (κ2) is 5.96. The van der Waals surface area contributed by atoms with E-state index in [1.54, 1.807) is 6.20 Å². The van der Waals surface area contributed by atoms with Crippen molar-refractivity contribution in [1.82, 2.24) is 15.3 Å². The van der Waals surface area contributed by atoms with Gasteiger partial charge in [-0.25, -0.2) is 4.98 Å². The van der Waals surface area contributed by atoms with Crippen LogP contribution in [0, 0.1) is 0 Å². The molecule has 4 rings (SSSR count). The van der Waals surface area contributed by atoms with E-state index < -0.39 is 0 Å². The number of nitrogens with one attached hydrogen (secondary N) is 2. The van der Waals surface area contributed by atoms with E-state index in [4.69, 9.17) is 5.73 Å². The van der Waals surface area contributed by atoms with Crippen LogP contribution in [-0.4, -0.2) is 29.3 Å². The SMILES string of the molecule is Nc1nccc(Nc2cc3c(c(C4CCCNC4)c2)CN=C3)n1. The Morgan fingerprint density at radius 2 is 2.26 bits per heavy atom. The number of nitrogens with zero attached hydrogens (tertiary/aromatic N) is 3. The quantitative estimate of drug-likeness (QED) is 0.809. The maximum absolute atomic E-state index is 5.66. The molecule has 1 fully saturated rings. The second-order valence-corrected chi connectivity index (χ2v) is 6.07. The van der Waals surface area contributed by atoms with Gasteiger partial charge in [0.2, 0.25) is 5.95 Å². The maximum Gasteiger partial charge on any atom is 0.221 e. The van der Waals surface area contributed by atoms with Crippen molar-refractivity contribution in [2.24, 2.45) is 4.99 Å². The summed E-state index contributed by atoms with van der Waals surface area (Å²) in [5.74, 6) is 1.53. The van der Waals surface area contributed by atoms with E-state index in [0.717, 1.165) is 25.3 Å². The second-order valence-electron chi connectivity index (χ2n) is 6.07. The maximum atomic E-state index is 5.66. The first-order valence-corrected chi connectivity index (χ1v) is 8.02. The van der Waals surface area contributed by atoms with E-state index in [1.807, 2.05) is 12.3 Å². The van der Waals surface area contributed by atoms with Gasteiger partial charge >= 0.3 is 0 Å². The van der Waals surface area contributed by atoms with E-state index in [9.17, 15) is 0 Å². The number of hydrogen-bond donors (Lipinski definition) is 3. The third-order valence-electron chi connectivity index (χ3n) is 4.48. The number of nitrogen functional groups attached to an aromatic ring is 1. The fourth-order valence-electron chi connectivity index (χ4n) is 3.40. The molecule has 6 heteroatoms. The lowest BCUT2D eigenvalue weighted by Crippen LogP contribution is -2.29. The average molecular weight is 308 g/mol. The van der Waals surface area contributed by atoms with Crippen molar-refractivity contribution in [2.75, 3.05) is 24.1 Å². The lowest BCUT2D eigenvalue weighted by Gasteiger charge is -2.25. The van der Waals surface area contributed by atoms with E-state index in [2.05, 4.69) is 37.7 Å². The Labute approximate surface area is 135 Å². The number of piperidine rings is 1. The zero-order valence-electron chi connectivity index (χ0n) is 12.9. The van der Waals surface area contributed by atoms with E-state index in [-0.39, 0.29) is 5.95 Å². The number of fused-ring (bicyclic) bond motifs is 1. The third-order valence-corrected chi connectivity index (χ3v) is 4.48. The molecular formula is C17H20N6. The van der Waals surface area contributed by atoms with Crippen LogP contribution < -0.4 is 16.4 Å². The molecule has 0 spiro atoms. The van der Waals surface area contributed by atoms with Gasteiger partial charge in [-0.15, -0.1) is 0 Å². The van der Waals surface area contributed by atoms with Gasteiger partial charge in [0.05, 0.1) is 6.54 Å². The molecule has 0 radical (unpaired) electrons. The predicted octanol–water partition coefficient (Wildman–Crippen LogP) is 2.20. The van der Waals surface area contributed by atoms with Gasteiger partial charge in [0.1, 0.15) is 5.82 Å². The Balaban J connectivity index is 1.68. The van der Waals surface area contributed by atoms with Crippen LogP contribution in [0.2, 0.25) is 0 Å². The molecule has 0 bridgehead atoms. The molecule has 6 nitrogen and oxygen atoms in total. The summed E-state index contributed by atoms with van der Waals surface area (Å²) < 4.78 is 0. The topological polar surface area (TPSA) is 88.2 Å². The van der Waals surface area contributed by atoms with Crippen LogP contribution >= 0.6 is 0 Å².